The SMILES string of the molecule is CCOC(=O)Cn1c(C)c(/C=N\NC(=O)[C@@H](CC(C)C)NC(=O)c2ccc(Cl)cc2Cl)c2ccccc21. The first-order valence-corrected chi connectivity index (χ1v) is 12.7. The summed E-state index contributed by atoms with van der Waals surface area (Å²) in [5, 5.41) is 8.40. The Bertz CT molecular complexity index is 1330. The molecule has 1 atom stereocenters. The van der Waals surface area contributed by atoms with Crippen molar-refractivity contribution in [2.75, 3.05) is 6.61 Å². The molecule has 10 heteroatoms. The number of hydrogen-bond acceptors (Lipinski definition) is 5. The van der Waals surface area contributed by atoms with Gasteiger partial charge in [-0.25, -0.2) is 5.43 Å². The largest absolute Gasteiger partial charge is 0.465 e. The van der Waals surface area contributed by atoms with Crippen LogP contribution in [0.5, 0.6) is 0 Å². The van der Waals surface area contributed by atoms with Crippen LogP contribution in [-0.4, -0.2) is 41.2 Å². The van der Waals surface area contributed by atoms with Crippen molar-refractivity contribution >= 4 is 58.1 Å². The number of rotatable bonds is 10. The van der Waals surface area contributed by atoms with Gasteiger partial charge in [-0.15, -0.1) is 0 Å². The molecule has 0 spiro atoms. The minimum atomic E-state index is -0.831. The number of fused-ring (bicyclic) bond motifs is 1. The van der Waals surface area contributed by atoms with E-state index in [0.717, 1.165) is 22.2 Å². The van der Waals surface area contributed by atoms with Gasteiger partial charge in [0.15, 0.2) is 0 Å². The van der Waals surface area contributed by atoms with Gasteiger partial charge in [0, 0.05) is 27.2 Å². The number of ether oxygens (including phenoxy) is 1. The summed E-state index contributed by atoms with van der Waals surface area (Å²) in [6, 6.07) is 11.3. The van der Waals surface area contributed by atoms with E-state index in [0.29, 0.717) is 18.1 Å². The lowest BCUT2D eigenvalue weighted by atomic mass is 10.0. The fourth-order valence-electron chi connectivity index (χ4n) is 4.01. The third kappa shape index (κ3) is 7.11. The average Bonchev–Trinajstić information content (AvgIpc) is 3.09. The Kier molecular flexibility index (Phi) is 9.72. The van der Waals surface area contributed by atoms with E-state index in [4.69, 9.17) is 27.9 Å². The van der Waals surface area contributed by atoms with Crippen molar-refractivity contribution in [3.8, 4) is 0 Å². The number of carbonyl (C=O) groups is 3. The van der Waals surface area contributed by atoms with Crippen molar-refractivity contribution in [1.29, 1.82) is 0 Å². The van der Waals surface area contributed by atoms with E-state index in [2.05, 4.69) is 15.8 Å². The van der Waals surface area contributed by atoms with E-state index in [1.165, 1.54) is 12.1 Å². The summed E-state index contributed by atoms with van der Waals surface area (Å²) in [7, 11) is 0. The molecule has 0 saturated carbocycles. The van der Waals surface area contributed by atoms with Crippen LogP contribution in [0.15, 0.2) is 47.6 Å². The topological polar surface area (TPSA) is 102 Å². The molecule has 3 aromatic rings. The van der Waals surface area contributed by atoms with E-state index in [1.54, 1.807) is 19.2 Å². The number of halogens is 2. The van der Waals surface area contributed by atoms with Gasteiger partial charge in [0.25, 0.3) is 11.8 Å². The van der Waals surface area contributed by atoms with Crippen LogP contribution in [-0.2, 0) is 20.9 Å². The minimum absolute atomic E-state index is 0.0656. The molecule has 8 nitrogen and oxygen atoms in total. The number of hydrazone groups is 1. The standard InChI is InChI=1S/C27H30Cl2N4O4/c1-5-37-25(34)15-33-17(4)21(19-8-6-7-9-24(19)33)14-30-32-27(36)23(12-16(2)3)31-26(35)20-11-10-18(28)13-22(20)29/h6-11,13-14,16,23H,5,12,15H2,1-4H3,(H,31,35)(H,32,36)/b30-14-/t23-/m1/s1. The molecule has 0 fully saturated rings. The number of benzene rings is 2. The lowest BCUT2D eigenvalue weighted by Crippen LogP contribution is -2.46. The zero-order chi connectivity index (χ0) is 27.1. The van der Waals surface area contributed by atoms with Gasteiger partial charge in [0.2, 0.25) is 0 Å². The van der Waals surface area contributed by atoms with Gasteiger partial charge in [-0.05, 0) is 50.5 Å². The number of hydrogen-bond donors (Lipinski definition) is 2. The zero-order valence-corrected chi connectivity index (χ0v) is 22.7. The molecular formula is C27H30Cl2N4O4. The number of nitrogens with one attached hydrogen (secondary N) is 2. The lowest BCUT2D eigenvalue weighted by molar-refractivity contribution is -0.143. The average molecular weight is 545 g/mol. The van der Waals surface area contributed by atoms with E-state index in [9.17, 15) is 14.4 Å². The fourth-order valence-corrected chi connectivity index (χ4v) is 4.51. The lowest BCUT2D eigenvalue weighted by Gasteiger charge is -2.19. The molecule has 1 heterocycles. The molecule has 0 saturated heterocycles. The summed E-state index contributed by atoms with van der Waals surface area (Å²) in [6.45, 7) is 7.91. The Morgan fingerprint density at radius 3 is 2.54 bits per heavy atom. The Morgan fingerprint density at radius 2 is 1.86 bits per heavy atom. The quantitative estimate of drug-likeness (QED) is 0.210. The molecule has 2 N–H and O–H groups in total. The summed E-state index contributed by atoms with van der Waals surface area (Å²) in [5.41, 5.74) is 5.18. The molecule has 37 heavy (non-hydrogen) atoms. The summed E-state index contributed by atoms with van der Waals surface area (Å²) in [4.78, 5) is 37.9. The maximum Gasteiger partial charge on any atom is 0.325 e. The highest BCUT2D eigenvalue weighted by molar-refractivity contribution is 6.36. The number of aromatic nitrogens is 1. The number of carbonyl (C=O) groups excluding carboxylic acids is 3. The molecule has 0 radical (unpaired) electrons. The fraction of sp³-hybridized carbons (Fsp3) is 0.333. The molecule has 2 amide bonds. The van der Waals surface area contributed by atoms with Crippen LogP contribution in [0.3, 0.4) is 0 Å². The Hall–Kier alpha value is -3.36. The van der Waals surface area contributed by atoms with Crippen LogP contribution in [0.25, 0.3) is 10.9 Å². The summed E-state index contributed by atoms with van der Waals surface area (Å²) in [6.07, 6.45) is 1.94. The van der Waals surface area contributed by atoms with Crippen LogP contribution < -0.4 is 10.7 Å². The molecule has 196 valence electrons. The van der Waals surface area contributed by atoms with Crippen molar-refractivity contribution in [1.82, 2.24) is 15.3 Å². The Morgan fingerprint density at radius 1 is 1.14 bits per heavy atom. The van der Waals surface area contributed by atoms with E-state index in [1.807, 2.05) is 49.6 Å². The first-order valence-electron chi connectivity index (χ1n) is 11.9. The second-order valence-corrected chi connectivity index (χ2v) is 9.77. The van der Waals surface area contributed by atoms with Crippen molar-refractivity contribution in [2.45, 2.75) is 46.7 Å². The molecule has 0 unspecified atom stereocenters. The molecule has 0 bridgehead atoms. The van der Waals surface area contributed by atoms with E-state index in [-0.39, 0.29) is 29.0 Å². The van der Waals surface area contributed by atoms with Crippen molar-refractivity contribution in [3.05, 3.63) is 69.3 Å². The van der Waals surface area contributed by atoms with Crippen LogP contribution in [0, 0.1) is 12.8 Å². The normalized spacial score (nSPS) is 12.2. The number of nitrogens with zero attached hydrogens (tertiary/aromatic N) is 2. The first-order chi connectivity index (χ1) is 17.6. The molecule has 1 aromatic heterocycles. The van der Waals surface area contributed by atoms with E-state index >= 15 is 0 Å². The van der Waals surface area contributed by atoms with Gasteiger partial charge in [-0.1, -0.05) is 55.2 Å². The molecule has 0 aliphatic carbocycles. The van der Waals surface area contributed by atoms with Crippen LogP contribution in [0.2, 0.25) is 10.0 Å². The number of amides is 2. The maximum atomic E-state index is 13.0. The molecule has 0 aliphatic rings. The summed E-state index contributed by atoms with van der Waals surface area (Å²) < 4.78 is 6.96. The van der Waals surface area contributed by atoms with Gasteiger partial charge in [-0.3, -0.25) is 14.4 Å². The highest BCUT2D eigenvalue weighted by Crippen LogP contribution is 2.25. The Balaban J connectivity index is 1.79. The van der Waals surface area contributed by atoms with Gasteiger partial charge in [0.05, 0.1) is 23.4 Å². The van der Waals surface area contributed by atoms with Crippen molar-refractivity contribution < 1.29 is 19.1 Å². The van der Waals surface area contributed by atoms with Gasteiger partial charge < -0.3 is 14.6 Å². The third-order valence-electron chi connectivity index (χ3n) is 5.75. The second kappa shape index (κ2) is 12.7. The molecule has 2 aromatic carbocycles. The van der Waals surface area contributed by atoms with E-state index < -0.39 is 17.9 Å². The zero-order valence-electron chi connectivity index (χ0n) is 21.2. The summed E-state index contributed by atoms with van der Waals surface area (Å²) in [5.74, 6) is -1.15. The Labute approximate surface area is 226 Å². The highest BCUT2D eigenvalue weighted by Gasteiger charge is 2.24. The molecular weight excluding hydrogens is 515 g/mol. The van der Waals surface area contributed by atoms with Crippen LogP contribution in [0.4, 0.5) is 0 Å². The second-order valence-electron chi connectivity index (χ2n) is 8.92. The maximum absolute atomic E-state index is 13.0. The molecule has 3 rings (SSSR count). The van der Waals surface area contributed by atoms with Crippen LogP contribution in [0.1, 0.15) is 48.8 Å². The highest BCUT2D eigenvalue weighted by atomic mass is 35.5. The number of esters is 1. The first kappa shape index (κ1) is 28.2. The minimum Gasteiger partial charge on any atom is -0.465 e. The summed E-state index contributed by atoms with van der Waals surface area (Å²) >= 11 is 12.1. The predicted molar refractivity (Wildman–Crippen MR) is 146 cm³/mol. The van der Waals surface area contributed by atoms with Gasteiger partial charge in [0.1, 0.15) is 12.6 Å². The van der Waals surface area contributed by atoms with Crippen molar-refractivity contribution in [3.63, 3.8) is 0 Å². The van der Waals surface area contributed by atoms with Crippen molar-refractivity contribution in [2.24, 2.45) is 11.0 Å². The number of para-hydroxylation sites is 1. The predicted octanol–water partition coefficient (Wildman–Crippen LogP) is 5.11. The van der Waals surface area contributed by atoms with Crippen LogP contribution >= 0.6 is 23.2 Å². The smallest absolute Gasteiger partial charge is 0.325 e. The van der Waals surface area contributed by atoms with Gasteiger partial charge in [-0.2, -0.15) is 5.10 Å². The molecule has 0 aliphatic heterocycles. The monoisotopic (exact) mass is 544 g/mol. The van der Waals surface area contributed by atoms with Gasteiger partial charge >= 0.3 is 5.97 Å². The third-order valence-corrected chi connectivity index (χ3v) is 6.29.